The van der Waals surface area contributed by atoms with E-state index >= 15 is 0 Å². The van der Waals surface area contributed by atoms with Gasteiger partial charge in [0.2, 0.25) is 5.91 Å². The summed E-state index contributed by atoms with van der Waals surface area (Å²) < 4.78 is 0.878. The predicted octanol–water partition coefficient (Wildman–Crippen LogP) is 3.26. The number of amides is 1. The minimum atomic E-state index is -0.130. The van der Waals surface area contributed by atoms with E-state index in [9.17, 15) is 9.59 Å². The Kier molecular flexibility index (Phi) is 7.44. The lowest BCUT2D eigenvalue weighted by molar-refractivity contribution is -0.133. The summed E-state index contributed by atoms with van der Waals surface area (Å²) in [7, 11) is 0. The third-order valence-corrected chi connectivity index (χ3v) is 4.83. The Morgan fingerprint density at radius 2 is 2.14 bits per heavy atom. The van der Waals surface area contributed by atoms with E-state index in [-0.39, 0.29) is 43.0 Å². The van der Waals surface area contributed by atoms with Crippen LogP contribution in [0.3, 0.4) is 0 Å². The number of piperazine rings is 1. The van der Waals surface area contributed by atoms with E-state index in [2.05, 4.69) is 5.32 Å². The quantitative estimate of drug-likeness (QED) is 0.827. The predicted molar refractivity (Wildman–Crippen MR) is 89.2 cm³/mol. The molecule has 1 aromatic rings. The molecule has 0 unspecified atom stereocenters. The lowest BCUT2D eigenvalue weighted by Gasteiger charge is -2.34. The molecule has 1 atom stereocenters. The molecule has 1 fully saturated rings. The highest BCUT2D eigenvalue weighted by molar-refractivity contribution is 7.20. The maximum absolute atomic E-state index is 12.1. The molecule has 21 heavy (non-hydrogen) atoms. The van der Waals surface area contributed by atoms with Crippen LogP contribution in [0.15, 0.2) is 6.07 Å². The normalized spacial score (nSPS) is 18.2. The monoisotopic (exact) mass is 370 g/mol. The van der Waals surface area contributed by atoms with Gasteiger partial charge in [-0.2, -0.15) is 0 Å². The number of carbonyl (C=O) groups excluding carboxylic acids is 2. The Morgan fingerprint density at radius 3 is 2.71 bits per heavy atom. The molecule has 1 N–H and O–H groups in total. The number of hydrogen-bond donors (Lipinski definition) is 1. The Morgan fingerprint density at radius 1 is 1.43 bits per heavy atom. The second-order valence-corrected chi connectivity index (χ2v) is 7.09. The average molecular weight is 372 g/mol. The molecule has 1 saturated heterocycles. The van der Waals surface area contributed by atoms with Gasteiger partial charge in [-0.1, -0.05) is 23.2 Å². The van der Waals surface area contributed by atoms with Gasteiger partial charge >= 0.3 is 0 Å². The van der Waals surface area contributed by atoms with Gasteiger partial charge in [-0.3, -0.25) is 9.59 Å². The van der Waals surface area contributed by atoms with Crippen molar-refractivity contribution in [1.82, 2.24) is 10.2 Å². The van der Waals surface area contributed by atoms with E-state index in [1.807, 2.05) is 11.8 Å². The molecule has 2 rings (SSSR count). The fourth-order valence-corrected chi connectivity index (χ4v) is 3.74. The van der Waals surface area contributed by atoms with Crippen molar-refractivity contribution < 1.29 is 9.59 Å². The van der Waals surface area contributed by atoms with Crippen LogP contribution in [-0.4, -0.2) is 42.3 Å². The van der Waals surface area contributed by atoms with Gasteiger partial charge in [0.25, 0.3) is 0 Å². The number of thiophene rings is 1. The zero-order chi connectivity index (χ0) is 14.7. The highest BCUT2D eigenvalue weighted by atomic mass is 35.5. The van der Waals surface area contributed by atoms with Crippen LogP contribution < -0.4 is 5.32 Å². The maximum atomic E-state index is 12.1. The third-order valence-electron chi connectivity index (χ3n) is 3.34. The zero-order valence-corrected chi connectivity index (χ0v) is 14.7. The van der Waals surface area contributed by atoms with E-state index < -0.39 is 0 Å². The Labute approximate surface area is 144 Å². The van der Waals surface area contributed by atoms with Gasteiger partial charge in [-0.15, -0.1) is 23.7 Å². The van der Waals surface area contributed by atoms with Crippen molar-refractivity contribution in [2.45, 2.75) is 25.8 Å². The molecule has 1 aliphatic heterocycles. The first-order valence-electron chi connectivity index (χ1n) is 6.47. The van der Waals surface area contributed by atoms with Gasteiger partial charge in [0.1, 0.15) is 4.34 Å². The highest BCUT2D eigenvalue weighted by Gasteiger charge is 2.24. The first-order chi connectivity index (χ1) is 9.49. The molecular weight excluding hydrogens is 355 g/mol. The SMILES string of the molecule is C[C@H]1CNCCN1C(=O)CCC(=O)c1cc(Cl)sc1Cl.Cl. The molecule has 0 aliphatic carbocycles. The van der Waals surface area contributed by atoms with Crippen molar-refractivity contribution in [3.05, 3.63) is 20.3 Å². The molecule has 118 valence electrons. The number of nitrogens with zero attached hydrogens (tertiary/aromatic N) is 1. The summed E-state index contributed by atoms with van der Waals surface area (Å²) >= 11 is 12.9. The van der Waals surface area contributed by atoms with Crippen LogP contribution in [0.5, 0.6) is 0 Å². The van der Waals surface area contributed by atoms with Crippen LogP contribution in [0.4, 0.5) is 0 Å². The molecule has 0 aromatic carbocycles. The fourth-order valence-electron chi connectivity index (χ4n) is 2.24. The number of carbonyl (C=O) groups is 2. The Bertz CT molecular complexity index is 522. The van der Waals surface area contributed by atoms with Crippen LogP contribution in [0.25, 0.3) is 0 Å². The van der Waals surface area contributed by atoms with Gasteiger partial charge in [0.15, 0.2) is 5.78 Å². The number of hydrogen-bond acceptors (Lipinski definition) is 4. The minimum Gasteiger partial charge on any atom is -0.337 e. The van der Waals surface area contributed by atoms with Crippen molar-refractivity contribution in [3.63, 3.8) is 0 Å². The Hall–Kier alpha value is -0.330. The van der Waals surface area contributed by atoms with E-state index in [1.165, 1.54) is 11.3 Å². The summed E-state index contributed by atoms with van der Waals surface area (Å²) in [6.45, 7) is 4.29. The van der Waals surface area contributed by atoms with Gasteiger partial charge in [0.05, 0.1) is 4.34 Å². The molecule has 0 saturated carbocycles. The summed E-state index contributed by atoms with van der Waals surface area (Å²) in [5.74, 6) is -0.112. The van der Waals surface area contributed by atoms with Crippen molar-refractivity contribution in [2.24, 2.45) is 0 Å². The van der Waals surface area contributed by atoms with Gasteiger partial charge in [0, 0.05) is 44.1 Å². The van der Waals surface area contributed by atoms with E-state index in [4.69, 9.17) is 23.2 Å². The number of Topliss-reactive ketones (excluding diaryl/α,β-unsaturated/α-hetero) is 1. The molecule has 1 aliphatic rings. The molecule has 2 heterocycles. The second-order valence-electron chi connectivity index (χ2n) is 4.80. The lowest BCUT2D eigenvalue weighted by atomic mass is 10.1. The first-order valence-corrected chi connectivity index (χ1v) is 8.04. The smallest absolute Gasteiger partial charge is 0.223 e. The van der Waals surface area contributed by atoms with E-state index in [1.54, 1.807) is 6.07 Å². The van der Waals surface area contributed by atoms with Crippen molar-refractivity contribution >= 4 is 58.6 Å². The average Bonchev–Trinajstić information content (AvgIpc) is 2.75. The largest absolute Gasteiger partial charge is 0.337 e. The number of ketones is 1. The van der Waals surface area contributed by atoms with Crippen LogP contribution in [-0.2, 0) is 4.79 Å². The van der Waals surface area contributed by atoms with Crippen molar-refractivity contribution in [2.75, 3.05) is 19.6 Å². The third kappa shape index (κ3) is 4.83. The lowest BCUT2D eigenvalue weighted by Crippen LogP contribution is -2.52. The molecule has 0 radical (unpaired) electrons. The van der Waals surface area contributed by atoms with Gasteiger partial charge < -0.3 is 10.2 Å². The first kappa shape index (κ1) is 18.7. The molecule has 0 spiro atoms. The number of rotatable bonds is 4. The van der Waals surface area contributed by atoms with Crippen LogP contribution >= 0.6 is 46.9 Å². The summed E-state index contributed by atoms with van der Waals surface area (Å²) in [6, 6.07) is 1.74. The molecular formula is C13H17Cl3N2O2S. The minimum absolute atomic E-state index is 0. The summed E-state index contributed by atoms with van der Waals surface area (Å²) in [6.07, 6.45) is 0.384. The van der Waals surface area contributed by atoms with Crippen LogP contribution in [0.1, 0.15) is 30.1 Å². The summed E-state index contributed by atoms with van der Waals surface area (Å²) in [5, 5.41) is 3.23. The van der Waals surface area contributed by atoms with E-state index in [0.717, 1.165) is 13.1 Å². The standard InChI is InChI=1S/C13H16Cl2N2O2S.ClH/c1-8-7-16-4-5-17(8)12(19)3-2-10(18)9-6-11(14)20-13(9)15;/h6,8,16H,2-5,7H2,1H3;1H/t8-;/m0./s1. The van der Waals surface area contributed by atoms with Gasteiger partial charge in [-0.25, -0.2) is 0 Å². The molecule has 1 aromatic heterocycles. The Balaban J connectivity index is 0.00000220. The van der Waals surface area contributed by atoms with E-state index in [0.29, 0.717) is 20.8 Å². The van der Waals surface area contributed by atoms with Crippen LogP contribution in [0.2, 0.25) is 8.67 Å². The fraction of sp³-hybridized carbons (Fsp3) is 0.538. The number of halogens is 3. The summed E-state index contributed by atoms with van der Waals surface area (Å²) in [5.41, 5.74) is 0.419. The highest BCUT2D eigenvalue weighted by Crippen LogP contribution is 2.32. The maximum Gasteiger partial charge on any atom is 0.223 e. The van der Waals surface area contributed by atoms with Crippen molar-refractivity contribution in [3.8, 4) is 0 Å². The molecule has 8 heteroatoms. The molecule has 0 bridgehead atoms. The topological polar surface area (TPSA) is 49.4 Å². The molecule has 4 nitrogen and oxygen atoms in total. The summed E-state index contributed by atoms with van der Waals surface area (Å²) in [4.78, 5) is 26.0. The molecule has 1 amide bonds. The van der Waals surface area contributed by atoms with Crippen LogP contribution in [0, 0.1) is 0 Å². The second kappa shape index (κ2) is 8.34. The van der Waals surface area contributed by atoms with Gasteiger partial charge in [-0.05, 0) is 13.0 Å². The zero-order valence-electron chi connectivity index (χ0n) is 11.5. The number of nitrogens with one attached hydrogen (secondary N) is 1. The van der Waals surface area contributed by atoms with Crippen molar-refractivity contribution in [1.29, 1.82) is 0 Å².